The van der Waals surface area contributed by atoms with Crippen LogP contribution in [0.3, 0.4) is 0 Å². The van der Waals surface area contributed by atoms with Crippen LogP contribution >= 0.6 is 0 Å². The lowest BCUT2D eigenvalue weighted by Gasteiger charge is -2.29. The lowest BCUT2D eigenvalue weighted by Crippen LogP contribution is -2.31. The molecule has 22 heavy (non-hydrogen) atoms. The third kappa shape index (κ3) is 3.99. The van der Waals surface area contributed by atoms with Crippen LogP contribution in [0.25, 0.3) is 0 Å². The van der Waals surface area contributed by atoms with Crippen LogP contribution in [0.15, 0.2) is 18.2 Å². The number of anilines is 1. The van der Waals surface area contributed by atoms with Gasteiger partial charge in [0.05, 0.1) is 5.60 Å². The molecule has 1 aliphatic heterocycles. The van der Waals surface area contributed by atoms with Gasteiger partial charge in [-0.15, -0.1) is 0 Å². The summed E-state index contributed by atoms with van der Waals surface area (Å²) in [6.07, 6.45) is 7.56. The number of aromatic nitrogens is 1. The van der Waals surface area contributed by atoms with Crippen molar-refractivity contribution in [2.75, 3.05) is 32.0 Å². The van der Waals surface area contributed by atoms with Crippen molar-refractivity contribution in [3.63, 3.8) is 0 Å². The van der Waals surface area contributed by atoms with Crippen LogP contribution in [-0.4, -0.2) is 47.3 Å². The van der Waals surface area contributed by atoms with Crippen LogP contribution in [0, 0.1) is 0 Å². The van der Waals surface area contributed by atoms with E-state index in [-0.39, 0.29) is 0 Å². The van der Waals surface area contributed by atoms with Crippen molar-refractivity contribution < 1.29 is 5.11 Å². The molecule has 2 fully saturated rings. The number of nitrogens with zero attached hydrogens (tertiary/aromatic N) is 2. The van der Waals surface area contributed by atoms with Gasteiger partial charge in [0.1, 0.15) is 5.82 Å². The molecular weight excluding hydrogens is 274 g/mol. The smallest absolute Gasteiger partial charge is 0.126 e. The molecule has 0 amide bonds. The highest BCUT2D eigenvalue weighted by atomic mass is 16.3. The van der Waals surface area contributed by atoms with E-state index in [9.17, 15) is 5.11 Å². The van der Waals surface area contributed by atoms with E-state index in [1.807, 2.05) is 6.07 Å². The largest absolute Gasteiger partial charge is 0.390 e. The molecule has 1 aromatic rings. The quantitative estimate of drug-likeness (QED) is 0.878. The van der Waals surface area contributed by atoms with Gasteiger partial charge in [-0.1, -0.05) is 18.9 Å². The van der Waals surface area contributed by atoms with Crippen molar-refractivity contribution in [2.24, 2.45) is 0 Å². The Balaban J connectivity index is 1.54. The molecule has 1 atom stereocenters. The third-order valence-corrected chi connectivity index (χ3v) is 5.24. The van der Waals surface area contributed by atoms with Crippen molar-refractivity contribution >= 4 is 5.82 Å². The molecule has 0 spiro atoms. The van der Waals surface area contributed by atoms with E-state index in [0.717, 1.165) is 38.2 Å². The van der Waals surface area contributed by atoms with Gasteiger partial charge in [0.15, 0.2) is 0 Å². The molecule has 2 heterocycles. The summed E-state index contributed by atoms with van der Waals surface area (Å²) in [5.41, 5.74) is 0.771. The predicted octanol–water partition coefficient (Wildman–Crippen LogP) is 3.00. The molecular formula is C18H29N3O. The number of pyridine rings is 1. The van der Waals surface area contributed by atoms with Gasteiger partial charge in [0.2, 0.25) is 0 Å². The van der Waals surface area contributed by atoms with Gasteiger partial charge < -0.3 is 15.3 Å². The predicted molar refractivity (Wildman–Crippen MR) is 90.2 cm³/mol. The first-order chi connectivity index (χ1) is 10.6. The van der Waals surface area contributed by atoms with Crippen molar-refractivity contribution in [3.05, 3.63) is 23.9 Å². The van der Waals surface area contributed by atoms with E-state index in [1.165, 1.54) is 37.9 Å². The number of likely N-dealkylation sites (tertiary alicyclic amines) is 1. The summed E-state index contributed by atoms with van der Waals surface area (Å²) in [5, 5.41) is 13.8. The van der Waals surface area contributed by atoms with E-state index in [1.54, 1.807) is 0 Å². The number of hydrogen-bond donors (Lipinski definition) is 2. The minimum atomic E-state index is -0.434. The Kier molecular flexibility index (Phi) is 4.99. The molecule has 122 valence electrons. The van der Waals surface area contributed by atoms with E-state index in [0.29, 0.717) is 5.92 Å². The molecule has 2 N–H and O–H groups in total. The fourth-order valence-corrected chi connectivity index (χ4v) is 3.89. The van der Waals surface area contributed by atoms with Crippen molar-refractivity contribution in [1.82, 2.24) is 9.88 Å². The maximum absolute atomic E-state index is 10.4. The molecule has 0 aromatic carbocycles. The number of nitrogens with one attached hydrogen (secondary N) is 1. The van der Waals surface area contributed by atoms with Gasteiger partial charge in [-0.3, -0.25) is 0 Å². The van der Waals surface area contributed by atoms with E-state index in [2.05, 4.69) is 29.4 Å². The molecule has 3 rings (SSSR count). The highest BCUT2D eigenvalue weighted by molar-refractivity contribution is 5.36. The lowest BCUT2D eigenvalue weighted by atomic mass is 9.94. The summed E-state index contributed by atoms with van der Waals surface area (Å²) in [7, 11) is 2.19. The summed E-state index contributed by atoms with van der Waals surface area (Å²) in [6.45, 7) is 3.11. The van der Waals surface area contributed by atoms with Crippen molar-refractivity contribution in [3.8, 4) is 0 Å². The molecule has 1 aromatic heterocycles. The molecule has 2 aliphatic rings. The molecule has 0 unspecified atom stereocenters. The average Bonchev–Trinajstić information content (AvgIpc) is 2.94. The van der Waals surface area contributed by atoms with Crippen LogP contribution in [0.4, 0.5) is 5.82 Å². The third-order valence-electron chi connectivity index (χ3n) is 5.24. The maximum Gasteiger partial charge on any atom is 0.126 e. The van der Waals surface area contributed by atoms with Gasteiger partial charge in [-0.05, 0) is 57.8 Å². The van der Waals surface area contributed by atoms with Crippen LogP contribution in [0.5, 0.6) is 0 Å². The van der Waals surface area contributed by atoms with E-state index < -0.39 is 5.60 Å². The normalized spacial score (nSPS) is 25.3. The van der Waals surface area contributed by atoms with Crippen molar-refractivity contribution in [2.45, 2.75) is 56.5 Å². The van der Waals surface area contributed by atoms with Gasteiger partial charge in [-0.25, -0.2) is 4.98 Å². The van der Waals surface area contributed by atoms with Crippen LogP contribution in [-0.2, 0) is 0 Å². The average molecular weight is 303 g/mol. The molecule has 1 aliphatic carbocycles. The Hall–Kier alpha value is -1.13. The van der Waals surface area contributed by atoms with Crippen molar-refractivity contribution in [1.29, 1.82) is 0 Å². The topological polar surface area (TPSA) is 48.4 Å². The highest BCUT2D eigenvalue weighted by Crippen LogP contribution is 2.32. The van der Waals surface area contributed by atoms with Crippen LogP contribution in [0.2, 0.25) is 0 Å². The number of hydrogen-bond acceptors (Lipinski definition) is 4. The number of likely N-dealkylation sites (N-methyl/N-ethyl adjacent to an activating group) is 1. The summed E-state index contributed by atoms with van der Waals surface area (Å²) < 4.78 is 0. The Morgan fingerprint density at radius 1 is 1.32 bits per heavy atom. The van der Waals surface area contributed by atoms with Gasteiger partial charge in [0.25, 0.3) is 0 Å². The Labute approximate surface area is 133 Å². The second-order valence-corrected chi connectivity index (χ2v) is 7.16. The number of piperidine rings is 1. The van der Waals surface area contributed by atoms with Gasteiger partial charge in [-0.2, -0.15) is 0 Å². The Bertz CT molecular complexity index is 485. The van der Waals surface area contributed by atoms with Gasteiger partial charge >= 0.3 is 0 Å². The van der Waals surface area contributed by atoms with Crippen LogP contribution in [0.1, 0.15) is 56.6 Å². The second-order valence-electron chi connectivity index (χ2n) is 7.16. The van der Waals surface area contributed by atoms with Gasteiger partial charge in [0, 0.05) is 24.7 Å². The number of rotatable bonds is 5. The molecule has 1 saturated carbocycles. The lowest BCUT2D eigenvalue weighted by molar-refractivity contribution is 0.0424. The summed E-state index contributed by atoms with van der Waals surface area (Å²) in [4.78, 5) is 7.19. The van der Waals surface area contributed by atoms with Crippen LogP contribution < -0.4 is 5.32 Å². The van der Waals surface area contributed by atoms with E-state index in [4.69, 9.17) is 4.98 Å². The summed E-state index contributed by atoms with van der Waals surface area (Å²) in [5.74, 6) is 1.51. The summed E-state index contributed by atoms with van der Waals surface area (Å²) in [6, 6.07) is 6.29. The summed E-state index contributed by atoms with van der Waals surface area (Å²) >= 11 is 0. The zero-order valence-electron chi connectivity index (χ0n) is 13.7. The zero-order chi connectivity index (χ0) is 15.4. The molecule has 0 bridgehead atoms. The SMILES string of the molecule is CN1CCC[C@@H](c2cccc(NCCC3(O)CCCC3)n2)C1. The Morgan fingerprint density at radius 2 is 2.14 bits per heavy atom. The monoisotopic (exact) mass is 303 g/mol. The fourth-order valence-electron chi connectivity index (χ4n) is 3.89. The number of aliphatic hydroxyl groups is 1. The molecule has 1 saturated heterocycles. The second kappa shape index (κ2) is 6.97. The molecule has 0 radical (unpaired) electrons. The standard InChI is InChI=1S/C18H29N3O/c1-21-13-5-6-15(14-21)16-7-4-8-17(20-16)19-12-11-18(22)9-2-3-10-18/h4,7-8,15,22H,2-3,5-6,9-14H2,1H3,(H,19,20)/t15-/m1/s1. The minimum Gasteiger partial charge on any atom is -0.390 e. The first kappa shape index (κ1) is 15.8. The molecule has 4 nitrogen and oxygen atoms in total. The zero-order valence-corrected chi connectivity index (χ0v) is 13.7. The van der Waals surface area contributed by atoms with E-state index >= 15 is 0 Å². The first-order valence-electron chi connectivity index (χ1n) is 8.76. The maximum atomic E-state index is 10.4. The first-order valence-corrected chi connectivity index (χ1v) is 8.76. The highest BCUT2D eigenvalue weighted by Gasteiger charge is 2.30. The Morgan fingerprint density at radius 3 is 2.91 bits per heavy atom. The fraction of sp³-hybridized carbons (Fsp3) is 0.722. The molecule has 4 heteroatoms. The minimum absolute atomic E-state index is 0.434.